The molecule has 0 saturated heterocycles. The molecule has 2 heterocycles. The number of nitrogens with zero attached hydrogens (tertiary/aromatic N) is 4. The molecule has 0 unspecified atom stereocenters. The second-order valence-corrected chi connectivity index (χ2v) is 7.59. The SMILES string of the molecule is O[C@H]1[C@H](Cn2cnc3c(NCc4cccc(Br)c4)ncnc32)CC[C@H]1O. The maximum Gasteiger partial charge on any atom is 0.165 e. The Morgan fingerprint density at radius 1 is 1.19 bits per heavy atom. The summed E-state index contributed by atoms with van der Waals surface area (Å²) in [6, 6.07) is 8.08. The Morgan fingerprint density at radius 3 is 2.85 bits per heavy atom. The van der Waals surface area contributed by atoms with Gasteiger partial charge >= 0.3 is 0 Å². The molecule has 2 aromatic heterocycles. The number of anilines is 1. The van der Waals surface area contributed by atoms with Crippen LogP contribution in [-0.2, 0) is 13.1 Å². The zero-order valence-corrected chi connectivity index (χ0v) is 15.7. The van der Waals surface area contributed by atoms with Crippen LogP contribution in [0.5, 0.6) is 0 Å². The number of imidazole rings is 1. The summed E-state index contributed by atoms with van der Waals surface area (Å²) in [7, 11) is 0. The Hall–Kier alpha value is -2.03. The van der Waals surface area contributed by atoms with Crippen molar-refractivity contribution >= 4 is 32.9 Å². The summed E-state index contributed by atoms with van der Waals surface area (Å²) in [6.07, 6.45) is 3.34. The molecule has 3 N–H and O–H groups in total. The monoisotopic (exact) mass is 417 g/mol. The van der Waals surface area contributed by atoms with Crippen molar-refractivity contribution in [3.05, 3.63) is 47.0 Å². The summed E-state index contributed by atoms with van der Waals surface area (Å²) >= 11 is 3.47. The van der Waals surface area contributed by atoms with Crippen molar-refractivity contribution in [1.82, 2.24) is 19.5 Å². The third-order valence-corrected chi connectivity index (χ3v) is 5.39. The number of aromatic nitrogens is 4. The van der Waals surface area contributed by atoms with E-state index in [1.165, 1.54) is 6.33 Å². The van der Waals surface area contributed by atoms with Crippen LogP contribution in [0.25, 0.3) is 11.2 Å². The Labute approximate surface area is 159 Å². The molecule has 0 amide bonds. The molecule has 3 aromatic rings. The molecule has 0 bridgehead atoms. The lowest BCUT2D eigenvalue weighted by Crippen LogP contribution is -2.27. The van der Waals surface area contributed by atoms with E-state index in [4.69, 9.17) is 0 Å². The van der Waals surface area contributed by atoms with Gasteiger partial charge in [-0.25, -0.2) is 15.0 Å². The molecular weight excluding hydrogens is 398 g/mol. The van der Waals surface area contributed by atoms with Crippen LogP contribution in [0.4, 0.5) is 5.82 Å². The number of benzene rings is 1. The van der Waals surface area contributed by atoms with E-state index >= 15 is 0 Å². The van der Waals surface area contributed by atoms with E-state index in [0.717, 1.165) is 22.1 Å². The molecule has 1 saturated carbocycles. The van der Waals surface area contributed by atoms with Crippen LogP contribution < -0.4 is 5.32 Å². The molecule has 1 aliphatic rings. The summed E-state index contributed by atoms with van der Waals surface area (Å²) in [5, 5.41) is 23.1. The number of hydrogen-bond donors (Lipinski definition) is 3. The molecular formula is C18H20BrN5O2. The van der Waals surface area contributed by atoms with E-state index in [1.54, 1.807) is 6.33 Å². The summed E-state index contributed by atoms with van der Waals surface area (Å²) in [6.45, 7) is 1.21. The normalized spacial score (nSPS) is 22.8. The average Bonchev–Trinajstić information content (AvgIpc) is 3.19. The molecule has 0 radical (unpaired) electrons. The largest absolute Gasteiger partial charge is 0.390 e. The minimum atomic E-state index is -0.691. The predicted molar refractivity (Wildman–Crippen MR) is 102 cm³/mol. The van der Waals surface area contributed by atoms with Crippen LogP contribution in [-0.4, -0.2) is 41.9 Å². The van der Waals surface area contributed by atoms with Crippen LogP contribution in [0.15, 0.2) is 41.4 Å². The summed E-state index contributed by atoms with van der Waals surface area (Å²) in [5.74, 6) is 0.691. The first kappa shape index (κ1) is 17.4. The zero-order chi connectivity index (χ0) is 18.1. The highest BCUT2D eigenvalue weighted by Gasteiger charge is 2.33. The van der Waals surface area contributed by atoms with Gasteiger partial charge < -0.3 is 20.1 Å². The first-order valence-corrected chi connectivity index (χ1v) is 9.41. The van der Waals surface area contributed by atoms with Gasteiger partial charge in [0.15, 0.2) is 11.5 Å². The van der Waals surface area contributed by atoms with Crippen molar-refractivity contribution < 1.29 is 10.2 Å². The van der Waals surface area contributed by atoms with Crippen LogP contribution >= 0.6 is 15.9 Å². The standard InChI is InChI=1S/C18H20BrN5O2/c19-13-3-1-2-11(6-13)7-20-17-15-18(22-9-21-17)24(10-23-15)8-12-4-5-14(25)16(12)26/h1-3,6,9-10,12,14,16,25-26H,4-5,7-8H2,(H,20,21,22)/t12-,14+,16-/m0/s1. The van der Waals surface area contributed by atoms with Gasteiger partial charge in [0.25, 0.3) is 0 Å². The number of halogens is 1. The molecule has 26 heavy (non-hydrogen) atoms. The molecule has 3 atom stereocenters. The van der Waals surface area contributed by atoms with Gasteiger partial charge in [-0.1, -0.05) is 28.1 Å². The number of aliphatic hydroxyl groups excluding tert-OH is 2. The second-order valence-electron chi connectivity index (χ2n) is 6.67. The van der Waals surface area contributed by atoms with Gasteiger partial charge in [0.05, 0.1) is 18.5 Å². The number of fused-ring (bicyclic) bond motifs is 1. The van der Waals surface area contributed by atoms with Gasteiger partial charge in [0.2, 0.25) is 0 Å². The maximum absolute atomic E-state index is 10.1. The lowest BCUT2D eigenvalue weighted by atomic mass is 10.1. The van der Waals surface area contributed by atoms with Gasteiger partial charge in [-0.15, -0.1) is 0 Å². The van der Waals surface area contributed by atoms with E-state index < -0.39 is 12.2 Å². The van der Waals surface area contributed by atoms with Crippen LogP contribution in [0.1, 0.15) is 18.4 Å². The molecule has 1 aromatic carbocycles. The van der Waals surface area contributed by atoms with Crippen molar-refractivity contribution in [2.24, 2.45) is 5.92 Å². The lowest BCUT2D eigenvalue weighted by Gasteiger charge is -2.17. The Balaban J connectivity index is 1.53. The summed E-state index contributed by atoms with van der Waals surface area (Å²) in [4.78, 5) is 13.1. The number of aliphatic hydroxyl groups is 2. The highest BCUT2D eigenvalue weighted by Crippen LogP contribution is 2.29. The van der Waals surface area contributed by atoms with Crippen LogP contribution in [0.2, 0.25) is 0 Å². The highest BCUT2D eigenvalue weighted by atomic mass is 79.9. The highest BCUT2D eigenvalue weighted by molar-refractivity contribution is 9.10. The third kappa shape index (κ3) is 3.44. The summed E-state index contributed by atoms with van der Waals surface area (Å²) in [5.41, 5.74) is 2.56. The van der Waals surface area contributed by atoms with E-state index in [1.807, 2.05) is 22.8 Å². The van der Waals surface area contributed by atoms with Crippen molar-refractivity contribution in [3.8, 4) is 0 Å². The first-order valence-electron chi connectivity index (χ1n) is 8.62. The number of rotatable bonds is 5. The summed E-state index contributed by atoms with van der Waals surface area (Å²) < 4.78 is 2.96. The third-order valence-electron chi connectivity index (χ3n) is 4.89. The molecule has 136 valence electrons. The fourth-order valence-corrected chi connectivity index (χ4v) is 3.92. The zero-order valence-electron chi connectivity index (χ0n) is 14.1. The molecule has 1 aliphatic carbocycles. The Bertz CT molecular complexity index is 915. The fraction of sp³-hybridized carbons (Fsp3) is 0.389. The molecule has 8 heteroatoms. The lowest BCUT2D eigenvalue weighted by molar-refractivity contribution is 0.0171. The van der Waals surface area contributed by atoms with Crippen LogP contribution in [0, 0.1) is 5.92 Å². The topological polar surface area (TPSA) is 96.1 Å². The van der Waals surface area contributed by atoms with E-state index in [2.05, 4.69) is 42.3 Å². The molecule has 0 spiro atoms. The van der Waals surface area contributed by atoms with Crippen molar-refractivity contribution in [1.29, 1.82) is 0 Å². The Morgan fingerprint density at radius 2 is 2.08 bits per heavy atom. The second kappa shape index (κ2) is 7.30. The molecule has 0 aliphatic heterocycles. The van der Waals surface area contributed by atoms with Gasteiger partial charge in [-0.05, 0) is 30.5 Å². The first-order chi connectivity index (χ1) is 12.6. The smallest absolute Gasteiger partial charge is 0.165 e. The molecule has 1 fully saturated rings. The van der Waals surface area contributed by atoms with E-state index in [0.29, 0.717) is 30.8 Å². The van der Waals surface area contributed by atoms with Gasteiger partial charge in [0.1, 0.15) is 11.8 Å². The molecule has 7 nitrogen and oxygen atoms in total. The minimum Gasteiger partial charge on any atom is -0.390 e. The number of hydrogen-bond acceptors (Lipinski definition) is 6. The average molecular weight is 418 g/mol. The molecule has 4 rings (SSSR count). The maximum atomic E-state index is 10.1. The van der Waals surface area contributed by atoms with Crippen molar-refractivity contribution in [2.75, 3.05) is 5.32 Å². The van der Waals surface area contributed by atoms with Crippen molar-refractivity contribution in [3.63, 3.8) is 0 Å². The van der Waals surface area contributed by atoms with Gasteiger partial charge in [-0.2, -0.15) is 0 Å². The van der Waals surface area contributed by atoms with E-state index in [9.17, 15) is 10.2 Å². The number of nitrogens with one attached hydrogen (secondary N) is 1. The predicted octanol–water partition coefficient (Wildman–Crippen LogP) is 2.33. The van der Waals surface area contributed by atoms with Gasteiger partial charge in [-0.3, -0.25) is 0 Å². The Kier molecular flexibility index (Phi) is 4.88. The van der Waals surface area contributed by atoms with E-state index in [-0.39, 0.29) is 5.92 Å². The fourth-order valence-electron chi connectivity index (χ4n) is 3.47. The van der Waals surface area contributed by atoms with Crippen molar-refractivity contribution in [2.45, 2.75) is 38.1 Å². The van der Waals surface area contributed by atoms with Crippen LogP contribution in [0.3, 0.4) is 0 Å². The quantitative estimate of drug-likeness (QED) is 0.589. The van der Waals surface area contributed by atoms with Gasteiger partial charge in [0, 0.05) is 23.5 Å². The minimum absolute atomic E-state index is 0.00967.